The number of ether oxygens (including phenoxy) is 1. The van der Waals surface area contributed by atoms with Gasteiger partial charge in [-0.05, 0) is 54.1 Å². The molecule has 1 amide bonds. The van der Waals surface area contributed by atoms with Gasteiger partial charge in [-0.15, -0.1) is 11.3 Å². The average Bonchev–Trinajstić information content (AvgIpc) is 3.60. The third-order valence-electron chi connectivity index (χ3n) is 6.75. The Kier molecular flexibility index (Phi) is 8.46. The Labute approximate surface area is 244 Å². The Morgan fingerprint density at radius 3 is 2.62 bits per heavy atom. The third kappa shape index (κ3) is 6.24. The number of hydrogen-bond acceptors (Lipinski definition) is 7. The van der Waals surface area contributed by atoms with Crippen molar-refractivity contribution in [3.05, 3.63) is 89.2 Å². The number of benzene rings is 2. The maximum Gasteiger partial charge on any atom is 0.416 e. The molecule has 5 aromatic rings. The molecule has 218 valence electrons. The van der Waals surface area contributed by atoms with Crippen LogP contribution < -0.4 is 21.1 Å². The topological polar surface area (TPSA) is 107 Å². The number of rotatable bonds is 11. The first kappa shape index (κ1) is 29.1. The van der Waals surface area contributed by atoms with Crippen LogP contribution in [0.2, 0.25) is 0 Å². The molecule has 12 heteroatoms. The summed E-state index contributed by atoms with van der Waals surface area (Å²) in [5.74, 6) is -0.290. The van der Waals surface area contributed by atoms with Gasteiger partial charge in [-0.1, -0.05) is 31.2 Å². The van der Waals surface area contributed by atoms with Crippen LogP contribution in [0.25, 0.3) is 27.2 Å². The lowest BCUT2D eigenvalue weighted by Crippen LogP contribution is -2.18. The van der Waals surface area contributed by atoms with E-state index in [-0.39, 0.29) is 22.8 Å². The predicted octanol–water partition coefficient (Wildman–Crippen LogP) is 6.08. The highest BCUT2D eigenvalue weighted by Gasteiger charge is 2.34. The number of carbonyl (C=O) groups is 1. The highest BCUT2D eigenvalue weighted by atomic mass is 32.1. The van der Waals surface area contributed by atoms with Gasteiger partial charge in [0, 0.05) is 31.3 Å². The molecule has 0 aliphatic carbocycles. The van der Waals surface area contributed by atoms with Crippen molar-refractivity contribution in [3.8, 4) is 21.9 Å². The lowest BCUT2D eigenvalue weighted by Gasteiger charge is -2.18. The molecule has 1 unspecified atom stereocenters. The van der Waals surface area contributed by atoms with E-state index >= 15 is 0 Å². The van der Waals surface area contributed by atoms with E-state index < -0.39 is 23.6 Å². The standard InChI is InChI=1S/C30H29F3N6O2S/c1-18(21-5-3-4-6-22(21)30(31,32)33)16-41-25-15-27(42-28(25)29(34)40)39-17-38-23-13-19(7-8-24(23)39)20-9-10-36-26(14-20)37-12-11-35-2/h3-10,13-15,17-18,35H,11-12,16H2,1-2H3,(H2,34,40)(H,36,37). The van der Waals surface area contributed by atoms with E-state index in [1.807, 2.05) is 41.9 Å². The minimum Gasteiger partial charge on any atom is -0.491 e. The van der Waals surface area contributed by atoms with Gasteiger partial charge in [0.25, 0.3) is 5.91 Å². The number of thiophene rings is 1. The first-order valence-electron chi connectivity index (χ1n) is 13.2. The lowest BCUT2D eigenvalue weighted by molar-refractivity contribution is -0.138. The van der Waals surface area contributed by atoms with E-state index in [9.17, 15) is 18.0 Å². The molecule has 0 spiro atoms. The number of nitrogens with zero attached hydrogens (tertiary/aromatic N) is 3. The molecule has 0 bridgehead atoms. The van der Waals surface area contributed by atoms with E-state index in [2.05, 4.69) is 20.6 Å². The Morgan fingerprint density at radius 2 is 1.86 bits per heavy atom. The summed E-state index contributed by atoms with van der Waals surface area (Å²) in [6.45, 7) is 3.13. The van der Waals surface area contributed by atoms with Gasteiger partial charge < -0.3 is 21.1 Å². The highest BCUT2D eigenvalue weighted by molar-refractivity contribution is 7.16. The van der Waals surface area contributed by atoms with Crippen LogP contribution in [0.3, 0.4) is 0 Å². The zero-order valence-electron chi connectivity index (χ0n) is 22.9. The van der Waals surface area contributed by atoms with E-state index in [4.69, 9.17) is 10.5 Å². The Hall–Kier alpha value is -4.42. The van der Waals surface area contributed by atoms with Gasteiger partial charge in [-0.2, -0.15) is 13.2 Å². The number of fused-ring (bicyclic) bond motifs is 1. The zero-order chi connectivity index (χ0) is 29.9. The number of nitrogens with one attached hydrogen (secondary N) is 2. The quantitative estimate of drug-likeness (QED) is 0.160. The number of hydrogen-bond donors (Lipinski definition) is 3. The van der Waals surface area contributed by atoms with Gasteiger partial charge in [-0.3, -0.25) is 9.36 Å². The smallest absolute Gasteiger partial charge is 0.416 e. The number of amides is 1. The number of pyridine rings is 1. The molecule has 5 rings (SSSR count). The van der Waals surface area contributed by atoms with Gasteiger partial charge >= 0.3 is 6.18 Å². The van der Waals surface area contributed by atoms with Crippen LogP contribution in [-0.4, -0.2) is 47.2 Å². The lowest BCUT2D eigenvalue weighted by atomic mass is 9.96. The fraction of sp³-hybridized carbons (Fsp3) is 0.233. The number of alkyl halides is 3. The number of anilines is 1. The molecule has 0 fully saturated rings. The molecule has 3 heterocycles. The van der Waals surface area contributed by atoms with Crippen LogP contribution >= 0.6 is 11.3 Å². The maximum atomic E-state index is 13.5. The number of primary amides is 1. The number of carbonyl (C=O) groups excluding carboxylic acids is 1. The van der Waals surface area contributed by atoms with Gasteiger partial charge in [0.05, 0.1) is 23.2 Å². The van der Waals surface area contributed by atoms with Crippen molar-refractivity contribution in [2.24, 2.45) is 5.73 Å². The molecule has 1 atom stereocenters. The highest BCUT2D eigenvalue weighted by Crippen LogP contribution is 2.37. The summed E-state index contributed by atoms with van der Waals surface area (Å²) < 4.78 is 48.2. The predicted molar refractivity (Wildman–Crippen MR) is 158 cm³/mol. The third-order valence-corrected chi connectivity index (χ3v) is 7.88. The van der Waals surface area contributed by atoms with Crippen molar-refractivity contribution in [3.63, 3.8) is 0 Å². The van der Waals surface area contributed by atoms with Gasteiger partial charge in [0.1, 0.15) is 27.8 Å². The van der Waals surface area contributed by atoms with Crippen LogP contribution in [-0.2, 0) is 6.18 Å². The van der Waals surface area contributed by atoms with Crippen LogP contribution in [0.5, 0.6) is 5.75 Å². The zero-order valence-corrected chi connectivity index (χ0v) is 23.7. The first-order chi connectivity index (χ1) is 20.2. The molecule has 0 aliphatic rings. The van der Waals surface area contributed by atoms with Crippen molar-refractivity contribution in [1.82, 2.24) is 19.9 Å². The second-order valence-corrected chi connectivity index (χ2v) is 10.7. The average molecular weight is 595 g/mol. The summed E-state index contributed by atoms with van der Waals surface area (Å²) in [5, 5.41) is 7.00. The van der Waals surface area contributed by atoms with E-state index in [0.717, 1.165) is 58.5 Å². The summed E-state index contributed by atoms with van der Waals surface area (Å²) in [6, 6.07) is 16.9. The van der Waals surface area contributed by atoms with Gasteiger partial charge in [-0.25, -0.2) is 9.97 Å². The van der Waals surface area contributed by atoms with Gasteiger partial charge in [0.2, 0.25) is 0 Å². The molecule has 8 nitrogen and oxygen atoms in total. The van der Waals surface area contributed by atoms with Crippen molar-refractivity contribution in [2.75, 3.05) is 32.1 Å². The molecular weight excluding hydrogens is 565 g/mol. The fourth-order valence-corrected chi connectivity index (χ4v) is 5.58. The van der Waals surface area contributed by atoms with Crippen LogP contribution in [0, 0.1) is 0 Å². The Morgan fingerprint density at radius 1 is 1.07 bits per heavy atom. The van der Waals surface area contributed by atoms with Crippen LogP contribution in [0.15, 0.2) is 73.2 Å². The molecule has 0 saturated carbocycles. The summed E-state index contributed by atoms with van der Waals surface area (Å²) in [5.41, 5.74) is 8.53. The summed E-state index contributed by atoms with van der Waals surface area (Å²) in [7, 11) is 1.89. The number of likely N-dealkylation sites (N-methyl/N-ethyl adjacent to an activating group) is 1. The number of nitrogens with two attached hydrogens (primary N) is 1. The molecule has 0 radical (unpaired) electrons. The Bertz CT molecular complexity index is 1720. The van der Waals surface area contributed by atoms with Crippen molar-refractivity contribution >= 4 is 34.1 Å². The largest absolute Gasteiger partial charge is 0.491 e. The summed E-state index contributed by atoms with van der Waals surface area (Å²) in [6.07, 6.45) is -1.08. The van der Waals surface area contributed by atoms with Crippen LogP contribution in [0.4, 0.5) is 19.0 Å². The number of imidazole rings is 1. The van der Waals surface area contributed by atoms with E-state index in [1.165, 1.54) is 12.1 Å². The molecule has 0 saturated heterocycles. The Balaban J connectivity index is 1.38. The van der Waals surface area contributed by atoms with Crippen molar-refractivity contribution in [1.29, 1.82) is 0 Å². The van der Waals surface area contributed by atoms with E-state index in [1.54, 1.807) is 31.6 Å². The molecule has 42 heavy (non-hydrogen) atoms. The molecular formula is C30H29F3N6O2S. The molecule has 3 aromatic heterocycles. The SMILES string of the molecule is CNCCNc1cc(-c2ccc3c(c2)ncn3-c2cc(OCC(C)c3ccccc3C(F)(F)F)c(C(N)=O)s2)ccn1. The van der Waals surface area contributed by atoms with E-state index in [0.29, 0.717) is 5.00 Å². The first-order valence-corrected chi connectivity index (χ1v) is 14.0. The molecule has 0 aliphatic heterocycles. The maximum absolute atomic E-state index is 13.5. The second kappa shape index (κ2) is 12.2. The number of halogens is 3. The fourth-order valence-electron chi connectivity index (χ4n) is 4.64. The molecule has 4 N–H and O–H groups in total. The minimum atomic E-state index is -4.48. The normalized spacial score (nSPS) is 12.4. The van der Waals surface area contributed by atoms with Gasteiger partial charge in [0.15, 0.2) is 0 Å². The van der Waals surface area contributed by atoms with Crippen LogP contribution in [0.1, 0.15) is 33.6 Å². The monoisotopic (exact) mass is 594 g/mol. The second-order valence-electron chi connectivity index (χ2n) is 9.72. The minimum absolute atomic E-state index is 0.0741. The molecule has 2 aromatic carbocycles. The van der Waals surface area contributed by atoms with Crippen molar-refractivity contribution in [2.45, 2.75) is 19.0 Å². The number of aromatic nitrogens is 3. The van der Waals surface area contributed by atoms with Crippen molar-refractivity contribution < 1.29 is 22.7 Å². The summed E-state index contributed by atoms with van der Waals surface area (Å²) in [4.78, 5) is 21.4. The summed E-state index contributed by atoms with van der Waals surface area (Å²) >= 11 is 1.13.